The lowest BCUT2D eigenvalue weighted by atomic mass is 9.94. The van der Waals surface area contributed by atoms with Crippen molar-refractivity contribution in [1.29, 1.82) is 0 Å². The average molecular weight is 454 g/mol. The molecule has 0 bridgehead atoms. The average Bonchev–Trinajstić information content (AvgIpc) is 2.91. The van der Waals surface area contributed by atoms with Gasteiger partial charge in [-0.15, -0.1) is 22.7 Å². The van der Waals surface area contributed by atoms with Crippen molar-refractivity contribution in [2.24, 2.45) is 0 Å². The third-order valence-electron chi connectivity index (χ3n) is 3.28. The summed E-state index contributed by atoms with van der Waals surface area (Å²) >= 11 is 9.82. The topological polar surface area (TPSA) is 12.0 Å². The fourth-order valence-electron chi connectivity index (χ4n) is 2.40. The molecule has 1 unspecified atom stereocenters. The van der Waals surface area contributed by atoms with E-state index >= 15 is 0 Å². The number of fused-ring (bicyclic) bond motifs is 1. The second-order valence-corrected chi connectivity index (χ2v) is 9.33. The summed E-state index contributed by atoms with van der Waals surface area (Å²) in [6.45, 7) is 0.967. The monoisotopic (exact) mass is 453 g/mol. The van der Waals surface area contributed by atoms with Crippen molar-refractivity contribution >= 4 is 61.2 Å². The van der Waals surface area contributed by atoms with Gasteiger partial charge in [-0.2, -0.15) is 0 Å². The van der Waals surface area contributed by atoms with E-state index in [0.717, 1.165) is 6.54 Å². The number of hydrogen-bond donors (Lipinski definition) is 1. The van der Waals surface area contributed by atoms with Crippen LogP contribution in [0.15, 0.2) is 22.0 Å². The SMILES string of the molecule is Brc1ccsc1CNC1CCCc2sc(I)cc21. The number of thiophene rings is 2. The molecule has 0 aliphatic heterocycles. The van der Waals surface area contributed by atoms with E-state index in [1.807, 2.05) is 22.7 Å². The van der Waals surface area contributed by atoms with E-state index in [2.05, 4.69) is 61.4 Å². The van der Waals surface area contributed by atoms with Crippen molar-refractivity contribution < 1.29 is 0 Å². The number of rotatable bonds is 3. The van der Waals surface area contributed by atoms with Crippen LogP contribution in [0.3, 0.4) is 0 Å². The molecule has 3 rings (SSSR count). The van der Waals surface area contributed by atoms with Gasteiger partial charge < -0.3 is 5.32 Å². The quantitative estimate of drug-likeness (QED) is 0.618. The zero-order valence-electron chi connectivity index (χ0n) is 9.71. The van der Waals surface area contributed by atoms with Crippen LogP contribution >= 0.6 is 61.2 Å². The Morgan fingerprint density at radius 3 is 3.17 bits per heavy atom. The summed E-state index contributed by atoms with van der Waals surface area (Å²) < 4.78 is 2.65. The Morgan fingerprint density at radius 2 is 2.39 bits per heavy atom. The molecule has 1 aliphatic rings. The van der Waals surface area contributed by atoms with Crippen molar-refractivity contribution in [3.8, 4) is 0 Å². The van der Waals surface area contributed by atoms with Crippen molar-refractivity contribution in [2.45, 2.75) is 31.8 Å². The van der Waals surface area contributed by atoms with Crippen LogP contribution < -0.4 is 5.32 Å². The Kier molecular flexibility index (Phi) is 4.45. The third-order valence-corrected chi connectivity index (χ3v) is 7.18. The first-order valence-electron chi connectivity index (χ1n) is 5.97. The Labute approximate surface area is 137 Å². The second kappa shape index (κ2) is 5.91. The Balaban J connectivity index is 1.73. The lowest BCUT2D eigenvalue weighted by Gasteiger charge is -2.23. The molecule has 1 N–H and O–H groups in total. The van der Waals surface area contributed by atoms with E-state index in [1.165, 1.54) is 31.5 Å². The molecule has 18 heavy (non-hydrogen) atoms. The molecule has 2 aromatic heterocycles. The predicted molar refractivity (Wildman–Crippen MR) is 91.6 cm³/mol. The van der Waals surface area contributed by atoms with Gasteiger partial charge in [-0.1, -0.05) is 0 Å². The molecule has 0 spiro atoms. The number of hydrogen-bond acceptors (Lipinski definition) is 3. The zero-order valence-corrected chi connectivity index (χ0v) is 15.1. The molecule has 2 aromatic rings. The highest BCUT2D eigenvalue weighted by Crippen LogP contribution is 2.36. The molecule has 5 heteroatoms. The van der Waals surface area contributed by atoms with Crippen LogP contribution in [0, 0.1) is 2.88 Å². The van der Waals surface area contributed by atoms with Gasteiger partial charge in [0.15, 0.2) is 0 Å². The predicted octanol–water partition coefficient (Wildman–Crippen LogP) is 5.34. The molecule has 0 fully saturated rings. The molecule has 96 valence electrons. The summed E-state index contributed by atoms with van der Waals surface area (Å²) in [5.74, 6) is 0. The van der Waals surface area contributed by atoms with E-state index in [4.69, 9.17) is 0 Å². The van der Waals surface area contributed by atoms with E-state index in [1.54, 1.807) is 10.4 Å². The molecule has 2 heterocycles. The fraction of sp³-hybridized carbons (Fsp3) is 0.385. The van der Waals surface area contributed by atoms with Crippen LogP contribution in [0.4, 0.5) is 0 Å². The Bertz CT molecular complexity index is 549. The maximum Gasteiger partial charge on any atom is 0.0659 e. The van der Waals surface area contributed by atoms with E-state index in [0.29, 0.717) is 6.04 Å². The molecule has 0 aromatic carbocycles. The highest BCUT2D eigenvalue weighted by Gasteiger charge is 2.22. The van der Waals surface area contributed by atoms with Gasteiger partial charge in [-0.25, -0.2) is 0 Å². The molecule has 0 saturated heterocycles. The highest BCUT2D eigenvalue weighted by atomic mass is 127. The number of halogens is 2. The van der Waals surface area contributed by atoms with Crippen LogP contribution in [-0.4, -0.2) is 0 Å². The molecule has 1 nitrogen and oxygen atoms in total. The summed E-state index contributed by atoms with van der Waals surface area (Å²) in [5, 5.41) is 5.86. The zero-order chi connectivity index (χ0) is 12.5. The first-order chi connectivity index (χ1) is 8.74. The summed E-state index contributed by atoms with van der Waals surface area (Å²) in [5.41, 5.74) is 1.54. The minimum Gasteiger partial charge on any atom is -0.305 e. The van der Waals surface area contributed by atoms with Crippen molar-refractivity contribution in [2.75, 3.05) is 0 Å². The van der Waals surface area contributed by atoms with Crippen LogP contribution in [0.2, 0.25) is 0 Å². The van der Waals surface area contributed by atoms with Crippen LogP contribution in [0.1, 0.15) is 34.2 Å². The molecule has 1 atom stereocenters. The standard InChI is InChI=1S/C13H13BrINS2/c14-9-4-5-17-12(9)7-16-10-2-1-3-11-8(10)6-13(15)18-11/h4-6,10,16H,1-3,7H2. The minimum atomic E-state index is 0.544. The molecule has 0 saturated carbocycles. The van der Waals surface area contributed by atoms with Crippen molar-refractivity contribution in [3.05, 3.63) is 40.2 Å². The molecule has 1 aliphatic carbocycles. The summed E-state index contributed by atoms with van der Waals surface area (Å²) in [7, 11) is 0. The van der Waals surface area contributed by atoms with Gasteiger partial charge in [-0.3, -0.25) is 0 Å². The largest absolute Gasteiger partial charge is 0.305 e. The summed E-state index contributed by atoms with van der Waals surface area (Å²) in [4.78, 5) is 2.99. The van der Waals surface area contributed by atoms with Gasteiger partial charge in [0, 0.05) is 26.8 Å². The van der Waals surface area contributed by atoms with Gasteiger partial charge in [0.2, 0.25) is 0 Å². The third kappa shape index (κ3) is 2.85. The first-order valence-corrected chi connectivity index (χ1v) is 9.54. The maximum absolute atomic E-state index is 3.72. The molecule has 0 radical (unpaired) electrons. The van der Waals surface area contributed by atoms with E-state index in [9.17, 15) is 0 Å². The van der Waals surface area contributed by atoms with Gasteiger partial charge in [0.05, 0.1) is 2.88 Å². The molecular formula is C13H13BrINS2. The minimum absolute atomic E-state index is 0.544. The van der Waals surface area contributed by atoms with Gasteiger partial charge in [0.1, 0.15) is 0 Å². The Morgan fingerprint density at radius 1 is 1.50 bits per heavy atom. The fourth-order valence-corrected chi connectivity index (χ4v) is 5.96. The van der Waals surface area contributed by atoms with Crippen LogP contribution in [-0.2, 0) is 13.0 Å². The Hall–Kier alpha value is 0.570. The normalized spacial score (nSPS) is 18.9. The van der Waals surface area contributed by atoms with Gasteiger partial charge in [0.25, 0.3) is 0 Å². The van der Waals surface area contributed by atoms with Crippen LogP contribution in [0.25, 0.3) is 0 Å². The van der Waals surface area contributed by atoms with Crippen LogP contribution in [0.5, 0.6) is 0 Å². The lowest BCUT2D eigenvalue weighted by Crippen LogP contribution is -2.23. The molecule has 0 amide bonds. The van der Waals surface area contributed by atoms with Gasteiger partial charge >= 0.3 is 0 Å². The maximum atomic E-state index is 3.72. The second-order valence-electron chi connectivity index (χ2n) is 4.45. The van der Waals surface area contributed by atoms with E-state index < -0.39 is 0 Å². The summed E-state index contributed by atoms with van der Waals surface area (Å²) in [6.07, 6.45) is 3.85. The lowest BCUT2D eigenvalue weighted by molar-refractivity contribution is 0.464. The summed E-state index contributed by atoms with van der Waals surface area (Å²) in [6, 6.07) is 5.03. The number of nitrogens with one attached hydrogen (secondary N) is 1. The first kappa shape index (κ1) is 13.5. The van der Waals surface area contributed by atoms with Gasteiger partial charge in [-0.05, 0) is 80.9 Å². The van der Waals surface area contributed by atoms with E-state index in [-0.39, 0.29) is 0 Å². The molecular weight excluding hydrogens is 441 g/mol. The highest BCUT2D eigenvalue weighted by molar-refractivity contribution is 14.1. The smallest absolute Gasteiger partial charge is 0.0659 e. The van der Waals surface area contributed by atoms with Crippen molar-refractivity contribution in [1.82, 2.24) is 5.32 Å². The van der Waals surface area contributed by atoms with Crippen molar-refractivity contribution in [3.63, 3.8) is 0 Å². The number of aryl methyl sites for hydroxylation is 1.